The maximum Gasteiger partial charge on any atom is 0.0634 e. The summed E-state index contributed by atoms with van der Waals surface area (Å²) in [4.78, 5) is 2.48. The summed E-state index contributed by atoms with van der Waals surface area (Å²) in [5, 5.41) is 3.63. The van der Waals surface area contributed by atoms with Crippen LogP contribution in [-0.2, 0) is 0 Å². The number of anilines is 1. The fraction of sp³-hybridized carbons (Fsp3) is 0.571. The predicted octanol–water partition coefficient (Wildman–Crippen LogP) is 2.67. The minimum absolute atomic E-state index is 0.0259. The molecule has 2 rings (SSSR count). The number of rotatable bonds is 4. The molecule has 0 aromatic heterocycles. The van der Waals surface area contributed by atoms with Crippen LogP contribution in [-0.4, -0.2) is 36.1 Å². The number of hydrogen-bond acceptors (Lipinski definition) is 3. The Morgan fingerprint density at radius 1 is 1.39 bits per heavy atom. The summed E-state index contributed by atoms with van der Waals surface area (Å²) < 4.78 is 1.10. The zero-order chi connectivity index (χ0) is 13.2. The molecule has 0 radical (unpaired) electrons. The molecule has 0 aliphatic carbocycles. The highest BCUT2D eigenvalue weighted by molar-refractivity contribution is 9.10. The topological polar surface area (TPSA) is 41.3 Å². The fourth-order valence-corrected chi connectivity index (χ4v) is 2.77. The number of nitrogens with two attached hydrogens (primary N) is 1. The van der Waals surface area contributed by atoms with E-state index in [-0.39, 0.29) is 5.54 Å². The van der Waals surface area contributed by atoms with E-state index >= 15 is 0 Å². The Bertz CT molecular complexity index is 391. The van der Waals surface area contributed by atoms with Crippen molar-refractivity contribution >= 4 is 21.6 Å². The van der Waals surface area contributed by atoms with Gasteiger partial charge in [-0.2, -0.15) is 0 Å². The van der Waals surface area contributed by atoms with Crippen molar-refractivity contribution in [1.82, 2.24) is 4.90 Å². The molecule has 0 amide bonds. The van der Waals surface area contributed by atoms with Crippen molar-refractivity contribution in [2.45, 2.75) is 31.8 Å². The highest BCUT2D eigenvalue weighted by Crippen LogP contribution is 2.27. The average Bonchev–Trinajstić information content (AvgIpc) is 2.77. The maximum absolute atomic E-state index is 6.01. The van der Waals surface area contributed by atoms with Gasteiger partial charge in [0, 0.05) is 35.8 Å². The Balaban J connectivity index is 2.08. The molecule has 1 atom stereocenters. The normalized spacial score (nSPS) is 24.7. The quantitative estimate of drug-likeness (QED) is 0.898. The van der Waals surface area contributed by atoms with E-state index in [4.69, 9.17) is 5.73 Å². The molecule has 1 aliphatic rings. The third kappa shape index (κ3) is 3.05. The van der Waals surface area contributed by atoms with Gasteiger partial charge in [-0.3, -0.25) is 4.90 Å². The summed E-state index contributed by atoms with van der Waals surface area (Å²) in [6.45, 7) is 7.31. The summed E-state index contributed by atoms with van der Waals surface area (Å²) in [5.41, 5.74) is 7.18. The van der Waals surface area contributed by atoms with Crippen molar-refractivity contribution in [3.63, 3.8) is 0 Å². The molecule has 1 saturated heterocycles. The molecule has 100 valence electrons. The van der Waals surface area contributed by atoms with E-state index in [1.54, 1.807) is 0 Å². The molecular formula is C14H22BrN3. The van der Waals surface area contributed by atoms with Gasteiger partial charge in [0.2, 0.25) is 0 Å². The lowest BCUT2D eigenvalue weighted by atomic mass is 9.98. The van der Waals surface area contributed by atoms with Crippen LogP contribution < -0.4 is 11.1 Å². The van der Waals surface area contributed by atoms with Crippen LogP contribution in [0, 0.1) is 0 Å². The number of nitrogens with one attached hydrogen (secondary N) is 1. The van der Waals surface area contributed by atoms with Gasteiger partial charge in [0.25, 0.3) is 0 Å². The van der Waals surface area contributed by atoms with E-state index in [2.05, 4.69) is 64.3 Å². The lowest BCUT2D eigenvalue weighted by Gasteiger charge is -2.31. The van der Waals surface area contributed by atoms with Crippen molar-refractivity contribution in [3.8, 4) is 0 Å². The molecule has 18 heavy (non-hydrogen) atoms. The molecule has 0 saturated carbocycles. The van der Waals surface area contributed by atoms with Crippen LogP contribution in [0.4, 0.5) is 5.69 Å². The predicted molar refractivity (Wildman–Crippen MR) is 80.9 cm³/mol. The van der Waals surface area contributed by atoms with Gasteiger partial charge < -0.3 is 11.1 Å². The fourth-order valence-electron chi connectivity index (χ4n) is 2.50. The zero-order valence-electron chi connectivity index (χ0n) is 11.1. The molecular weight excluding hydrogens is 290 g/mol. The number of hydrogen-bond donors (Lipinski definition) is 2. The molecule has 1 heterocycles. The summed E-state index contributed by atoms with van der Waals surface area (Å²) in [5.74, 6) is 0. The van der Waals surface area contributed by atoms with Gasteiger partial charge in [-0.1, -0.05) is 15.9 Å². The molecule has 3 N–H and O–H groups in total. The lowest BCUT2D eigenvalue weighted by molar-refractivity contribution is 0.262. The van der Waals surface area contributed by atoms with Crippen LogP contribution in [0.5, 0.6) is 0 Å². The number of halogens is 1. The molecule has 1 fully saturated rings. The van der Waals surface area contributed by atoms with Crippen LogP contribution in [0.25, 0.3) is 0 Å². The van der Waals surface area contributed by atoms with Crippen molar-refractivity contribution in [2.75, 3.05) is 25.0 Å². The number of benzene rings is 1. The Kier molecular flexibility index (Phi) is 4.30. The monoisotopic (exact) mass is 311 g/mol. The van der Waals surface area contributed by atoms with Crippen LogP contribution >= 0.6 is 15.9 Å². The molecule has 1 aromatic rings. The van der Waals surface area contributed by atoms with E-state index in [0.29, 0.717) is 12.6 Å². The molecule has 0 bridgehead atoms. The van der Waals surface area contributed by atoms with Gasteiger partial charge in [0.05, 0.1) is 5.54 Å². The Hall–Kier alpha value is -0.580. The summed E-state index contributed by atoms with van der Waals surface area (Å²) >= 11 is 3.46. The first-order chi connectivity index (χ1) is 8.54. The first-order valence-electron chi connectivity index (χ1n) is 6.52. The van der Waals surface area contributed by atoms with Gasteiger partial charge in [0.1, 0.15) is 0 Å². The summed E-state index contributed by atoms with van der Waals surface area (Å²) in [6.07, 6.45) is 1.11. The summed E-state index contributed by atoms with van der Waals surface area (Å²) in [7, 11) is 0. The Morgan fingerprint density at radius 3 is 2.56 bits per heavy atom. The van der Waals surface area contributed by atoms with Crippen LogP contribution in [0.3, 0.4) is 0 Å². The second kappa shape index (κ2) is 5.59. The maximum atomic E-state index is 6.01. The van der Waals surface area contributed by atoms with Crippen molar-refractivity contribution in [2.24, 2.45) is 5.73 Å². The van der Waals surface area contributed by atoms with Gasteiger partial charge in [-0.15, -0.1) is 0 Å². The molecule has 1 unspecified atom stereocenters. The van der Waals surface area contributed by atoms with Crippen LogP contribution in [0.1, 0.15) is 20.3 Å². The van der Waals surface area contributed by atoms with Gasteiger partial charge in [0.15, 0.2) is 0 Å². The second-order valence-electron chi connectivity index (χ2n) is 5.43. The minimum atomic E-state index is 0.0259. The lowest BCUT2D eigenvalue weighted by Crippen LogP contribution is -2.48. The first-order valence-corrected chi connectivity index (χ1v) is 7.32. The highest BCUT2D eigenvalue weighted by Gasteiger charge is 2.37. The van der Waals surface area contributed by atoms with Crippen LogP contribution in [0.15, 0.2) is 28.7 Å². The molecule has 0 spiro atoms. The Labute approximate surface area is 118 Å². The van der Waals surface area contributed by atoms with E-state index < -0.39 is 0 Å². The van der Waals surface area contributed by atoms with Crippen molar-refractivity contribution in [3.05, 3.63) is 28.7 Å². The minimum Gasteiger partial charge on any atom is -0.377 e. The smallest absolute Gasteiger partial charge is 0.0634 e. The third-order valence-corrected chi connectivity index (χ3v) is 4.29. The standard InChI is InChI=1S/C14H22BrN3/c1-11(2)18-8-7-14(9-16,10-18)17-13-5-3-12(15)4-6-13/h3-6,11,17H,7-10,16H2,1-2H3. The first kappa shape index (κ1) is 13.8. The van der Waals surface area contributed by atoms with Gasteiger partial charge >= 0.3 is 0 Å². The second-order valence-corrected chi connectivity index (χ2v) is 6.35. The van der Waals surface area contributed by atoms with E-state index in [1.807, 2.05) is 0 Å². The van der Waals surface area contributed by atoms with Gasteiger partial charge in [-0.25, -0.2) is 0 Å². The van der Waals surface area contributed by atoms with Crippen molar-refractivity contribution in [1.29, 1.82) is 0 Å². The molecule has 1 aliphatic heterocycles. The molecule has 4 heteroatoms. The van der Waals surface area contributed by atoms with Crippen molar-refractivity contribution < 1.29 is 0 Å². The number of nitrogens with zero attached hydrogens (tertiary/aromatic N) is 1. The third-order valence-electron chi connectivity index (χ3n) is 3.76. The largest absolute Gasteiger partial charge is 0.377 e. The SMILES string of the molecule is CC(C)N1CCC(CN)(Nc2ccc(Br)cc2)C1. The summed E-state index contributed by atoms with van der Waals surface area (Å²) in [6, 6.07) is 8.90. The number of likely N-dealkylation sites (tertiary alicyclic amines) is 1. The van der Waals surface area contributed by atoms with Gasteiger partial charge in [-0.05, 0) is 44.5 Å². The van der Waals surface area contributed by atoms with Crippen LogP contribution in [0.2, 0.25) is 0 Å². The Morgan fingerprint density at radius 2 is 2.06 bits per heavy atom. The highest BCUT2D eigenvalue weighted by atomic mass is 79.9. The average molecular weight is 312 g/mol. The van der Waals surface area contributed by atoms with E-state index in [9.17, 15) is 0 Å². The molecule has 3 nitrogen and oxygen atoms in total. The van der Waals surface area contributed by atoms with E-state index in [1.165, 1.54) is 0 Å². The zero-order valence-corrected chi connectivity index (χ0v) is 12.7. The molecule has 1 aromatic carbocycles. The van der Waals surface area contributed by atoms with E-state index in [0.717, 1.165) is 29.7 Å².